The van der Waals surface area contributed by atoms with E-state index < -0.39 is 0 Å². The third kappa shape index (κ3) is 2.42. The van der Waals surface area contributed by atoms with Gasteiger partial charge < -0.3 is 10.1 Å². The summed E-state index contributed by atoms with van der Waals surface area (Å²) < 4.78 is 6.22. The number of hydrogen-bond donors (Lipinski definition) is 2. The van der Waals surface area contributed by atoms with E-state index in [1.165, 1.54) is 19.3 Å². The van der Waals surface area contributed by atoms with E-state index in [4.69, 9.17) is 4.74 Å². The lowest BCUT2D eigenvalue weighted by molar-refractivity contribution is 0.0876. The van der Waals surface area contributed by atoms with E-state index in [1.807, 2.05) is 0 Å². The maximum Gasteiger partial charge on any atom is 0.229 e. The maximum absolute atomic E-state index is 6.22. The Morgan fingerprint density at radius 2 is 2.20 bits per heavy atom. The molecule has 0 amide bonds. The number of nitrogens with one attached hydrogen (secondary N) is 2. The summed E-state index contributed by atoms with van der Waals surface area (Å²) in [6.07, 6.45) is 8.05. The summed E-state index contributed by atoms with van der Waals surface area (Å²) in [6.45, 7) is 2.23. The molecular weight excluding hydrogens is 254 g/mol. The van der Waals surface area contributed by atoms with Crippen molar-refractivity contribution < 1.29 is 4.74 Å². The molecule has 6 heteroatoms. The zero-order valence-electron chi connectivity index (χ0n) is 12.0. The van der Waals surface area contributed by atoms with Gasteiger partial charge in [0.05, 0.1) is 6.20 Å². The van der Waals surface area contributed by atoms with Gasteiger partial charge in [0.15, 0.2) is 5.65 Å². The van der Waals surface area contributed by atoms with Crippen molar-refractivity contribution in [1.82, 2.24) is 20.2 Å². The molecule has 1 aliphatic rings. The Morgan fingerprint density at radius 1 is 1.35 bits per heavy atom. The molecule has 3 rings (SSSR count). The highest BCUT2D eigenvalue weighted by molar-refractivity contribution is 5.80. The molecule has 20 heavy (non-hydrogen) atoms. The Balaban J connectivity index is 1.90. The average molecular weight is 275 g/mol. The minimum Gasteiger partial charge on any atom is -0.473 e. The Kier molecular flexibility index (Phi) is 3.71. The van der Waals surface area contributed by atoms with Crippen molar-refractivity contribution in [3.05, 3.63) is 6.20 Å². The third-order valence-electron chi connectivity index (χ3n) is 4.13. The van der Waals surface area contributed by atoms with Crippen LogP contribution < -0.4 is 10.1 Å². The van der Waals surface area contributed by atoms with Gasteiger partial charge in [-0.15, -0.1) is 0 Å². The number of hydrogen-bond acceptors (Lipinski definition) is 5. The van der Waals surface area contributed by atoms with Gasteiger partial charge in [-0.2, -0.15) is 15.1 Å². The predicted octanol–water partition coefficient (Wildman–Crippen LogP) is 2.74. The van der Waals surface area contributed by atoms with E-state index in [2.05, 4.69) is 32.4 Å². The summed E-state index contributed by atoms with van der Waals surface area (Å²) in [5.41, 5.74) is 0.711. The van der Waals surface area contributed by atoms with Gasteiger partial charge in [-0.1, -0.05) is 13.3 Å². The summed E-state index contributed by atoms with van der Waals surface area (Å²) in [6, 6.07) is 0. The van der Waals surface area contributed by atoms with Crippen LogP contribution in [0.1, 0.15) is 39.0 Å². The number of fused-ring (bicyclic) bond motifs is 1. The summed E-state index contributed by atoms with van der Waals surface area (Å²) in [4.78, 5) is 8.78. The average Bonchev–Trinajstić information content (AvgIpc) is 2.96. The second-order valence-electron chi connectivity index (χ2n) is 5.34. The molecule has 108 valence electrons. The molecule has 2 atom stereocenters. The second-order valence-corrected chi connectivity index (χ2v) is 5.34. The fourth-order valence-corrected chi connectivity index (χ4v) is 2.95. The van der Waals surface area contributed by atoms with Gasteiger partial charge in [-0.3, -0.25) is 5.10 Å². The summed E-state index contributed by atoms with van der Waals surface area (Å²) in [7, 11) is 1.80. The van der Waals surface area contributed by atoms with Crippen molar-refractivity contribution in [2.75, 3.05) is 12.4 Å². The van der Waals surface area contributed by atoms with E-state index in [-0.39, 0.29) is 6.10 Å². The van der Waals surface area contributed by atoms with Crippen LogP contribution in [0.15, 0.2) is 6.20 Å². The quantitative estimate of drug-likeness (QED) is 0.897. The maximum atomic E-state index is 6.22. The SMILES string of the molecule is CCC1CCCCC1Oc1nc(NC)nc2[nH]ncc12. The monoisotopic (exact) mass is 275 g/mol. The van der Waals surface area contributed by atoms with Crippen molar-refractivity contribution in [3.63, 3.8) is 0 Å². The number of ether oxygens (including phenoxy) is 1. The number of aromatic nitrogens is 4. The van der Waals surface area contributed by atoms with Crippen LogP contribution in [0.25, 0.3) is 11.0 Å². The van der Waals surface area contributed by atoms with Gasteiger partial charge >= 0.3 is 0 Å². The molecule has 1 saturated carbocycles. The van der Waals surface area contributed by atoms with Crippen LogP contribution in [0.2, 0.25) is 0 Å². The number of rotatable bonds is 4. The van der Waals surface area contributed by atoms with Crippen LogP contribution in [0.4, 0.5) is 5.95 Å². The highest BCUT2D eigenvalue weighted by Gasteiger charge is 2.26. The Bertz CT molecular complexity index is 582. The molecule has 0 saturated heterocycles. The van der Waals surface area contributed by atoms with Gasteiger partial charge in [-0.25, -0.2) is 0 Å². The lowest BCUT2D eigenvalue weighted by Crippen LogP contribution is -2.30. The molecule has 0 spiro atoms. The summed E-state index contributed by atoms with van der Waals surface area (Å²) in [5, 5.41) is 10.7. The lowest BCUT2D eigenvalue weighted by Gasteiger charge is -2.30. The van der Waals surface area contributed by atoms with E-state index in [0.29, 0.717) is 23.4 Å². The molecule has 2 unspecified atom stereocenters. The highest BCUT2D eigenvalue weighted by atomic mass is 16.5. The number of aromatic amines is 1. The van der Waals surface area contributed by atoms with E-state index >= 15 is 0 Å². The summed E-state index contributed by atoms with van der Waals surface area (Å²) in [5.74, 6) is 1.82. The van der Waals surface area contributed by atoms with Crippen LogP contribution in [0.3, 0.4) is 0 Å². The van der Waals surface area contributed by atoms with Gasteiger partial charge in [0, 0.05) is 7.05 Å². The molecule has 0 aromatic carbocycles. The molecule has 1 aliphatic carbocycles. The molecule has 0 radical (unpaired) electrons. The van der Waals surface area contributed by atoms with Gasteiger partial charge in [-0.05, 0) is 31.6 Å². The third-order valence-corrected chi connectivity index (χ3v) is 4.13. The first-order valence-corrected chi connectivity index (χ1v) is 7.37. The Labute approximate surface area is 118 Å². The molecule has 0 bridgehead atoms. The minimum absolute atomic E-state index is 0.256. The first-order valence-electron chi connectivity index (χ1n) is 7.37. The van der Waals surface area contributed by atoms with Gasteiger partial charge in [0.2, 0.25) is 11.8 Å². The number of nitrogens with zero attached hydrogens (tertiary/aromatic N) is 3. The van der Waals surface area contributed by atoms with E-state index in [0.717, 1.165) is 18.2 Å². The molecular formula is C14H21N5O. The molecule has 0 aliphatic heterocycles. The van der Waals surface area contributed by atoms with Crippen molar-refractivity contribution >= 4 is 17.0 Å². The fraction of sp³-hybridized carbons (Fsp3) is 0.643. The Hall–Kier alpha value is -1.85. The second kappa shape index (κ2) is 5.64. The van der Waals surface area contributed by atoms with Gasteiger partial charge in [0.25, 0.3) is 0 Å². The molecule has 2 aromatic heterocycles. The topological polar surface area (TPSA) is 75.7 Å². The minimum atomic E-state index is 0.256. The van der Waals surface area contributed by atoms with Crippen molar-refractivity contribution in [2.24, 2.45) is 5.92 Å². The van der Waals surface area contributed by atoms with Gasteiger partial charge in [0.1, 0.15) is 11.5 Å². The van der Waals surface area contributed by atoms with Crippen LogP contribution in [-0.4, -0.2) is 33.3 Å². The van der Waals surface area contributed by atoms with Crippen LogP contribution in [0.5, 0.6) is 5.88 Å². The zero-order chi connectivity index (χ0) is 13.9. The van der Waals surface area contributed by atoms with Crippen LogP contribution in [0, 0.1) is 5.92 Å². The normalized spacial score (nSPS) is 22.9. The molecule has 2 N–H and O–H groups in total. The molecule has 2 aromatic rings. The first-order chi connectivity index (χ1) is 9.81. The highest BCUT2D eigenvalue weighted by Crippen LogP contribution is 2.32. The molecule has 2 heterocycles. The smallest absolute Gasteiger partial charge is 0.229 e. The molecule has 1 fully saturated rings. The molecule has 6 nitrogen and oxygen atoms in total. The predicted molar refractivity (Wildman–Crippen MR) is 77.9 cm³/mol. The van der Waals surface area contributed by atoms with Crippen molar-refractivity contribution in [2.45, 2.75) is 45.1 Å². The summed E-state index contributed by atoms with van der Waals surface area (Å²) >= 11 is 0. The number of H-pyrrole nitrogens is 1. The fourth-order valence-electron chi connectivity index (χ4n) is 2.95. The van der Waals surface area contributed by atoms with Crippen LogP contribution in [-0.2, 0) is 0 Å². The standard InChI is InChI=1S/C14H21N5O/c1-3-9-6-4-5-7-11(9)20-13-10-8-16-19-12(10)17-14(15-2)18-13/h8-9,11H,3-7H2,1-2H3,(H2,15,16,17,18,19). The lowest BCUT2D eigenvalue weighted by atomic mass is 9.85. The van der Waals surface area contributed by atoms with Crippen molar-refractivity contribution in [1.29, 1.82) is 0 Å². The van der Waals surface area contributed by atoms with Crippen molar-refractivity contribution in [3.8, 4) is 5.88 Å². The first kappa shape index (κ1) is 13.1. The zero-order valence-corrected chi connectivity index (χ0v) is 12.0. The largest absolute Gasteiger partial charge is 0.473 e. The number of anilines is 1. The van der Waals surface area contributed by atoms with E-state index in [1.54, 1.807) is 13.2 Å². The Morgan fingerprint density at radius 3 is 3.00 bits per heavy atom. The van der Waals surface area contributed by atoms with Crippen LogP contribution >= 0.6 is 0 Å². The van der Waals surface area contributed by atoms with E-state index in [9.17, 15) is 0 Å².